The minimum atomic E-state index is 1.10. The summed E-state index contributed by atoms with van der Waals surface area (Å²) in [6, 6.07) is 15.6. The third-order valence-corrected chi connectivity index (χ3v) is 3.40. The molecule has 88 valence electrons. The zero-order valence-corrected chi connectivity index (χ0v) is 11.0. The van der Waals surface area contributed by atoms with Crippen LogP contribution >= 0.6 is 0 Å². The van der Waals surface area contributed by atoms with Crippen molar-refractivity contribution in [1.29, 1.82) is 0 Å². The Labute approximate surface area is 104 Å². The highest BCUT2D eigenvalue weighted by molar-refractivity contribution is 5.65. The normalized spacial score (nSPS) is 10.5. The van der Waals surface area contributed by atoms with Gasteiger partial charge in [-0.15, -0.1) is 0 Å². The van der Waals surface area contributed by atoms with Crippen LogP contribution in [-0.4, -0.2) is 0 Å². The van der Waals surface area contributed by atoms with Gasteiger partial charge in [0.05, 0.1) is 0 Å². The van der Waals surface area contributed by atoms with E-state index in [9.17, 15) is 0 Å². The van der Waals surface area contributed by atoms with Gasteiger partial charge in [0.2, 0.25) is 0 Å². The molecular weight excluding hydrogens is 204 g/mol. The highest BCUT2D eigenvalue weighted by Crippen LogP contribution is 2.23. The van der Waals surface area contributed by atoms with Crippen molar-refractivity contribution in [2.45, 2.75) is 33.6 Å². The van der Waals surface area contributed by atoms with Crippen molar-refractivity contribution in [3.05, 3.63) is 59.2 Å². The van der Waals surface area contributed by atoms with Gasteiger partial charge in [-0.25, -0.2) is 0 Å². The Kier molecular flexibility index (Phi) is 3.63. The van der Waals surface area contributed by atoms with Crippen molar-refractivity contribution in [3.8, 4) is 11.1 Å². The van der Waals surface area contributed by atoms with Crippen LogP contribution < -0.4 is 0 Å². The van der Waals surface area contributed by atoms with Crippen LogP contribution in [0.5, 0.6) is 0 Å². The molecule has 0 bridgehead atoms. The van der Waals surface area contributed by atoms with E-state index in [1.807, 2.05) is 0 Å². The molecule has 0 saturated carbocycles. The highest BCUT2D eigenvalue weighted by Gasteiger charge is 2.02. The average molecular weight is 224 g/mol. The highest BCUT2D eigenvalue weighted by atomic mass is 14.1. The van der Waals surface area contributed by atoms with Crippen molar-refractivity contribution >= 4 is 0 Å². The predicted molar refractivity (Wildman–Crippen MR) is 75.4 cm³/mol. The Morgan fingerprint density at radius 3 is 2.29 bits per heavy atom. The lowest BCUT2D eigenvalue weighted by atomic mass is 9.97. The fourth-order valence-corrected chi connectivity index (χ4v) is 2.20. The molecular formula is C17H20. The third-order valence-electron chi connectivity index (χ3n) is 3.40. The van der Waals surface area contributed by atoms with Crippen molar-refractivity contribution in [2.24, 2.45) is 0 Å². The first-order valence-electron chi connectivity index (χ1n) is 6.43. The van der Waals surface area contributed by atoms with Crippen LogP contribution in [0.15, 0.2) is 42.5 Å². The Morgan fingerprint density at radius 2 is 1.59 bits per heavy atom. The van der Waals surface area contributed by atoms with Gasteiger partial charge in [-0.1, -0.05) is 56.3 Å². The van der Waals surface area contributed by atoms with Gasteiger partial charge < -0.3 is 0 Å². The van der Waals surface area contributed by atoms with E-state index in [4.69, 9.17) is 0 Å². The summed E-state index contributed by atoms with van der Waals surface area (Å²) in [5.74, 6) is 0. The summed E-state index contributed by atoms with van der Waals surface area (Å²) in [5.41, 5.74) is 6.91. The molecule has 0 unspecified atom stereocenters. The minimum absolute atomic E-state index is 1.10. The van der Waals surface area contributed by atoms with E-state index in [-0.39, 0.29) is 0 Å². The zero-order chi connectivity index (χ0) is 12.3. The second kappa shape index (κ2) is 5.18. The first kappa shape index (κ1) is 11.9. The summed E-state index contributed by atoms with van der Waals surface area (Å²) < 4.78 is 0. The van der Waals surface area contributed by atoms with Gasteiger partial charge in [-0.05, 0) is 47.6 Å². The van der Waals surface area contributed by atoms with Crippen LogP contribution in [0, 0.1) is 6.92 Å². The van der Waals surface area contributed by atoms with Gasteiger partial charge in [-0.3, -0.25) is 0 Å². The van der Waals surface area contributed by atoms with Gasteiger partial charge in [-0.2, -0.15) is 0 Å². The van der Waals surface area contributed by atoms with Crippen LogP contribution in [0.2, 0.25) is 0 Å². The van der Waals surface area contributed by atoms with Gasteiger partial charge in [0.1, 0.15) is 0 Å². The van der Waals surface area contributed by atoms with Crippen LogP contribution in [0.1, 0.15) is 30.5 Å². The summed E-state index contributed by atoms with van der Waals surface area (Å²) in [5, 5.41) is 0. The van der Waals surface area contributed by atoms with Gasteiger partial charge in [0.15, 0.2) is 0 Å². The molecule has 0 spiro atoms. The van der Waals surface area contributed by atoms with E-state index in [1.54, 1.807) is 0 Å². The third kappa shape index (κ3) is 2.58. The van der Waals surface area contributed by atoms with Crippen molar-refractivity contribution in [1.82, 2.24) is 0 Å². The maximum absolute atomic E-state index is 2.32. The Hall–Kier alpha value is -1.56. The second-order valence-corrected chi connectivity index (χ2v) is 4.55. The number of rotatable bonds is 3. The smallest absolute Gasteiger partial charge is 0.0181 e. The lowest BCUT2D eigenvalue weighted by Gasteiger charge is -2.08. The van der Waals surface area contributed by atoms with E-state index in [1.165, 1.54) is 27.8 Å². The summed E-state index contributed by atoms with van der Waals surface area (Å²) in [4.78, 5) is 0. The summed E-state index contributed by atoms with van der Waals surface area (Å²) >= 11 is 0. The first-order chi connectivity index (χ1) is 8.24. The number of hydrogen-bond donors (Lipinski definition) is 0. The fourth-order valence-electron chi connectivity index (χ4n) is 2.20. The molecule has 17 heavy (non-hydrogen) atoms. The molecule has 0 aliphatic rings. The van der Waals surface area contributed by atoms with Gasteiger partial charge in [0.25, 0.3) is 0 Å². The molecule has 0 nitrogen and oxygen atoms in total. The van der Waals surface area contributed by atoms with Crippen molar-refractivity contribution < 1.29 is 0 Å². The van der Waals surface area contributed by atoms with Crippen LogP contribution in [0.4, 0.5) is 0 Å². The zero-order valence-electron chi connectivity index (χ0n) is 11.0. The minimum Gasteiger partial charge on any atom is -0.0614 e. The maximum Gasteiger partial charge on any atom is -0.0181 e. The van der Waals surface area contributed by atoms with Gasteiger partial charge in [0, 0.05) is 0 Å². The SMILES string of the molecule is CCc1cccc(-c2ccc(C)c(CC)c2)c1. The molecule has 0 aliphatic carbocycles. The topological polar surface area (TPSA) is 0 Å². The molecule has 0 radical (unpaired) electrons. The predicted octanol–water partition coefficient (Wildman–Crippen LogP) is 4.79. The van der Waals surface area contributed by atoms with E-state index >= 15 is 0 Å². The van der Waals surface area contributed by atoms with Crippen LogP contribution in [-0.2, 0) is 12.8 Å². The van der Waals surface area contributed by atoms with E-state index in [0.717, 1.165) is 12.8 Å². The molecule has 2 aromatic carbocycles. The first-order valence-corrected chi connectivity index (χ1v) is 6.43. The van der Waals surface area contributed by atoms with E-state index in [0.29, 0.717) is 0 Å². The molecule has 0 saturated heterocycles. The molecule has 0 heteroatoms. The fraction of sp³-hybridized carbons (Fsp3) is 0.294. The largest absolute Gasteiger partial charge is 0.0614 e. The van der Waals surface area contributed by atoms with Crippen molar-refractivity contribution in [2.75, 3.05) is 0 Å². The van der Waals surface area contributed by atoms with Crippen LogP contribution in [0.3, 0.4) is 0 Å². The number of hydrogen-bond acceptors (Lipinski definition) is 0. The molecule has 2 aromatic rings. The van der Waals surface area contributed by atoms with E-state index < -0.39 is 0 Å². The molecule has 0 aromatic heterocycles. The average Bonchev–Trinajstić information content (AvgIpc) is 2.39. The number of aryl methyl sites for hydroxylation is 3. The summed E-state index contributed by atoms with van der Waals surface area (Å²) in [7, 11) is 0. The molecule has 0 fully saturated rings. The standard InChI is InChI=1S/C17H20/c1-4-14-7-6-8-16(11-14)17-10-9-13(3)15(5-2)12-17/h6-12H,4-5H2,1-3H3. The molecule has 0 amide bonds. The Bertz CT molecular complexity index is 509. The monoisotopic (exact) mass is 224 g/mol. The molecule has 0 heterocycles. The molecule has 0 atom stereocenters. The van der Waals surface area contributed by atoms with Crippen molar-refractivity contribution in [3.63, 3.8) is 0 Å². The van der Waals surface area contributed by atoms with Crippen LogP contribution in [0.25, 0.3) is 11.1 Å². The van der Waals surface area contributed by atoms with Gasteiger partial charge >= 0.3 is 0 Å². The molecule has 2 rings (SSSR count). The maximum atomic E-state index is 2.32. The molecule has 0 N–H and O–H groups in total. The van der Waals surface area contributed by atoms with E-state index in [2.05, 4.69) is 63.2 Å². The molecule has 0 aliphatic heterocycles. The second-order valence-electron chi connectivity index (χ2n) is 4.55. The summed E-state index contributed by atoms with van der Waals surface area (Å²) in [6.45, 7) is 6.60. The Balaban J connectivity index is 2.45. The Morgan fingerprint density at radius 1 is 0.824 bits per heavy atom. The lowest BCUT2D eigenvalue weighted by Crippen LogP contribution is -1.88. The quantitative estimate of drug-likeness (QED) is 0.703. The summed E-state index contributed by atoms with van der Waals surface area (Å²) in [6.07, 6.45) is 2.20. The number of benzene rings is 2. The lowest BCUT2D eigenvalue weighted by molar-refractivity contribution is 1.11.